The number of carbonyl (C=O) groups is 1. The summed E-state index contributed by atoms with van der Waals surface area (Å²) in [5.74, 6) is 1.33. The first-order valence-corrected chi connectivity index (χ1v) is 11.9. The molecule has 7 heteroatoms. The van der Waals surface area contributed by atoms with Crippen LogP contribution in [0.3, 0.4) is 0 Å². The molecule has 4 atom stereocenters. The molecule has 34 heavy (non-hydrogen) atoms. The summed E-state index contributed by atoms with van der Waals surface area (Å²) < 4.78 is 47.0. The first-order chi connectivity index (χ1) is 16.1. The number of benzene rings is 2. The van der Waals surface area contributed by atoms with Crippen LogP contribution in [0.4, 0.5) is 13.2 Å². The highest BCUT2D eigenvalue weighted by Crippen LogP contribution is 2.37. The molecule has 0 N–H and O–H groups in total. The average Bonchev–Trinajstić information content (AvgIpc) is 3.17. The SMILES string of the molecule is CC(C)[C@@H]1CC[C@@H](C)C[C@H]1OC(=O)[C@@H](C)n1c(-c2ccc(C(F)(F)F)cc2)nc2ccccc21. The third kappa shape index (κ3) is 4.84. The van der Waals surface area contributed by atoms with Crippen LogP contribution >= 0.6 is 0 Å². The van der Waals surface area contributed by atoms with Crippen molar-refractivity contribution in [2.45, 2.75) is 65.3 Å². The Labute approximate surface area is 198 Å². The van der Waals surface area contributed by atoms with Crippen molar-refractivity contribution in [1.82, 2.24) is 9.55 Å². The summed E-state index contributed by atoms with van der Waals surface area (Å²) in [4.78, 5) is 18.0. The number of alkyl halides is 3. The molecule has 1 heterocycles. The van der Waals surface area contributed by atoms with Crippen LogP contribution in [0, 0.1) is 17.8 Å². The molecule has 2 aromatic carbocycles. The number of para-hydroxylation sites is 2. The van der Waals surface area contributed by atoms with Crippen molar-refractivity contribution < 1.29 is 22.7 Å². The molecule has 1 saturated carbocycles. The van der Waals surface area contributed by atoms with Crippen molar-refractivity contribution in [3.63, 3.8) is 0 Å². The Morgan fingerprint density at radius 2 is 1.74 bits per heavy atom. The van der Waals surface area contributed by atoms with Gasteiger partial charge in [-0.05, 0) is 61.8 Å². The minimum atomic E-state index is -4.42. The van der Waals surface area contributed by atoms with Crippen LogP contribution in [0.1, 0.15) is 58.6 Å². The Balaban J connectivity index is 1.68. The zero-order chi connectivity index (χ0) is 24.6. The first-order valence-electron chi connectivity index (χ1n) is 11.9. The minimum Gasteiger partial charge on any atom is -0.461 e. The molecule has 0 unspecified atom stereocenters. The molecule has 1 aliphatic rings. The van der Waals surface area contributed by atoms with E-state index in [-0.39, 0.29) is 12.1 Å². The van der Waals surface area contributed by atoms with Crippen molar-refractivity contribution in [1.29, 1.82) is 0 Å². The van der Waals surface area contributed by atoms with Crippen molar-refractivity contribution in [3.8, 4) is 11.4 Å². The van der Waals surface area contributed by atoms with E-state index in [1.54, 1.807) is 11.5 Å². The van der Waals surface area contributed by atoms with E-state index < -0.39 is 17.8 Å². The van der Waals surface area contributed by atoms with E-state index in [0.29, 0.717) is 34.7 Å². The summed E-state index contributed by atoms with van der Waals surface area (Å²) in [7, 11) is 0. The summed E-state index contributed by atoms with van der Waals surface area (Å²) in [5.41, 5.74) is 1.19. The van der Waals surface area contributed by atoms with Crippen LogP contribution in [0.2, 0.25) is 0 Å². The lowest BCUT2D eigenvalue weighted by atomic mass is 9.75. The molecule has 0 radical (unpaired) electrons. The molecular formula is C27H31F3N2O2. The molecule has 0 spiro atoms. The molecule has 182 valence electrons. The Kier molecular flexibility index (Phi) is 6.74. The Morgan fingerprint density at radius 3 is 2.38 bits per heavy atom. The van der Waals surface area contributed by atoms with Gasteiger partial charge in [-0.15, -0.1) is 0 Å². The summed E-state index contributed by atoms with van der Waals surface area (Å²) in [5, 5.41) is 0. The number of hydrogen-bond acceptors (Lipinski definition) is 3. The van der Waals surface area contributed by atoms with Gasteiger partial charge in [-0.3, -0.25) is 0 Å². The van der Waals surface area contributed by atoms with E-state index in [0.717, 1.165) is 36.9 Å². The van der Waals surface area contributed by atoms with Gasteiger partial charge in [-0.25, -0.2) is 9.78 Å². The van der Waals surface area contributed by atoms with Gasteiger partial charge >= 0.3 is 12.1 Å². The number of imidazole rings is 1. The van der Waals surface area contributed by atoms with Crippen molar-refractivity contribution in [3.05, 3.63) is 54.1 Å². The van der Waals surface area contributed by atoms with E-state index in [9.17, 15) is 18.0 Å². The highest BCUT2D eigenvalue weighted by molar-refractivity contribution is 5.84. The lowest BCUT2D eigenvalue weighted by Crippen LogP contribution is -2.37. The van der Waals surface area contributed by atoms with E-state index >= 15 is 0 Å². The van der Waals surface area contributed by atoms with E-state index in [2.05, 4.69) is 25.8 Å². The topological polar surface area (TPSA) is 44.1 Å². The van der Waals surface area contributed by atoms with Gasteiger partial charge in [-0.2, -0.15) is 13.2 Å². The van der Waals surface area contributed by atoms with Gasteiger partial charge in [0.2, 0.25) is 0 Å². The van der Waals surface area contributed by atoms with Crippen LogP contribution in [0.5, 0.6) is 0 Å². The fourth-order valence-electron chi connectivity index (χ4n) is 5.05. The second-order valence-corrected chi connectivity index (χ2v) is 9.85. The van der Waals surface area contributed by atoms with E-state index in [4.69, 9.17) is 4.74 Å². The minimum absolute atomic E-state index is 0.136. The van der Waals surface area contributed by atoms with Gasteiger partial charge in [0.15, 0.2) is 0 Å². The second-order valence-electron chi connectivity index (χ2n) is 9.85. The average molecular weight is 473 g/mol. The smallest absolute Gasteiger partial charge is 0.416 e. The van der Waals surface area contributed by atoms with Crippen LogP contribution in [0.25, 0.3) is 22.4 Å². The van der Waals surface area contributed by atoms with Gasteiger partial charge in [0.25, 0.3) is 0 Å². The molecule has 0 amide bonds. The number of carbonyl (C=O) groups excluding carboxylic acids is 1. The van der Waals surface area contributed by atoms with Crippen LogP contribution in [0.15, 0.2) is 48.5 Å². The molecule has 1 aromatic heterocycles. The third-order valence-corrected chi connectivity index (χ3v) is 7.02. The standard InChI is InChI=1S/C27H31F3N2O2/c1-16(2)21-14-9-17(3)15-24(21)34-26(33)18(4)32-23-8-6-5-7-22(23)31-25(32)19-10-12-20(13-11-19)27(28,29)30/h5-8,10-13,16-18,21,24H,9,14-15H2,1-4H3/t17-,18-,21+,24-/m1/s1. The zero-order valence-corrected chi connectivity index (χ0v) is 20.0. The molecule has 0 saturated heterocycles. The maximum atomic E-state index is 13.4. The highest BCUT2D eigenvalue weighted by Gasteiger charge is 2.35. The zero-order valence-electron chi connectivity index (χ0n) is 20.0. The van der Waals surface area contributed by atoms with Gasteiger partial charge < -0.3 is 9.30 Å². The van der Waals surface area contributed by atoms with Crippen LogP contribution in [-0.2, 0) is 15.7 Å². The molecule has 1 aliphatic carbocycles. The predicted octanol–water partition coefficient (Wildman–Crippen LogP) is 7.29. The number of hydrogen-bond donors (Lipinski definition) is 0. The van der Waals surface area contributed by atoms with E-state index in [1.807, 2.05) is 24.3 Å². The largest absolute Gasteiger partial charge is 0.461 e. The number of halogens is 3. The van der Waals surface area contributed by atoms with Gasteiger partial charge in [0.1, 0.15) is 18.0 Å². The maximum Gasteiger partial charge on any atom is 0.416 e. The monoisotopic (exact) mass is 472 g/mol. The number of rotatable bonds is 5. The Bertz CT molecular complexity index is 1150. The molecule has 3 aromatic rings. The highest BCUT2D eigenvalue weighted by atomic mass is 19.4. The fourth-order valence-corrected chi connectivity index (χ4v) is 5.05. The Hall–Kier alpha value is -2.83. The van der Waals surface area contributed by atoms with Crippen molar-refractivity contribution >= 4 is 17.0 Å². The molecule has 1 fully saturated rings. The van der Waals surface area contributed by atoms with Gasteiger partial charge in [-0.1, -0.05) is 51.5 Å². The van der Waals surface area contributed by atoms with Crippen LogP contribution < -0.4 is 0 Å². The number of aromatic nitrogens is 2. The number of nitrogens with zero attached hydrogens (tertiary/aromatic N) is 2. The number of fused-ring (bicyclic) bond motifs is 1. The van der Waals surface area contributed by atoms with Crippen molar-refractivity contribution in [2.24, 2.45) is 17.8 Å². The Morgan fingerprint density at radius 1 is 1.06 bits per heavy atom. The normalized spacial score (nSPS) is 22.2. The number of esters is 1. The van der Waals surface area contributed by atoms with Gasteiger partial charge in [0.05, 0.1) is 16.6 Å². The van der Waals surface area contributed by atoms with Gasteiger partial charge in [0, 0.05) is 5.56 Å². The van der Waals surface area contributed by atoms with Crippen molar-refractivity contribution in [2.75, 3.05) is 0 Å². The first kappa shape index (κ1) is 24.3. The lowest BCUT2D eigenvalue weighted by Gasteiger charge is -2.37. The summed E-state index contributed by atoms with van der Waals surface area (Å²) in [6, 6.07) is 11.6. The maximum absolute atomic E-state index is 13.4. The summed E-state index contributed by atoms with van der Waals surface area (Å²) in [6.45, 7) is 8.28. The summed E-state index contributed by atoms with van der Waals surface area (Å²) >= 11 is 0. The van der Waals surface area contributed by atoms with Crippen LogP contribution in [-0.4, -0.2) is 21.6 Å². The fraction of sp³-hybridized carbons (Fsp3) is 0.481. The number of ether oxygens (including phenoxy) is 1. The molecular weight excluding hydrogens is 441 g/mol. The molecule has 0 aliphatic heterocycles. The second kappa shape index (κ2) is 9.43. The molecule has 4 nitrogen and oxygen atoms in total. The molecule has 4 rings (SSSR count). The summed E-state index contributed by atoms with van der Waals surface area (Å²) in [6.07, 6.45) is -1.53. The van der Waals surface area contributed by atoms with E-state index in [1.165, 1.54) is 12.1 Å². The quantitative estimate of drug-likeness (QED) is 0.366. The molecule has 0 bridgehead atoms. The predicted molar refractivity (Wildman–Crippen MR) is 126 cm³/mol. The lowest BCUT2D eigenvalue weighted by molar-refractivity contribution is -0.159. The third-order valence-electron chi connectivity index (χ3n) is 7.02.